The number of nitrogens with one attached hydrogen (secondary N) is 1. The molecule has 1 aliphatic heterocycles. The molecule has 0 radical (unpaired) electrons. The molecule has 0 aromatic carbocycles. The summed E-state index contributed by atoms with van der Waals surface area (Å²) in [5, 5.41) is 7.51. The van der Waals surface area contributed by atoms with E-state index in [4.69, 9.17) is 4.52 Å². The number of rotatable bonds is 1. The second kappa shape index (κ2) is 4.17. The van der Waals surface area contributed by atoms with E-state index in [1.165, 1.54) is 0 Å². The van der Waals surface area contributed by atoms with Crippen molar-refractivity contribution in [3.8, 4) is 0 Å². The lowest BCUT2D eigenvalue weighted by atomic mass is 9.92. The molecular weight excluding hydrogens is 202 g/mol. The molecule has 1 fully saturated rings. The molecule has 1 saturated heterocycles. The minimum atomic E-state index is -0.0275. The maximum atomic E-state index is 5.39. The maximum Gasteiger partial charge on any atom is 0.229 e. The van der Waals surface area contributed by atoms with Crippen LogP contribution in [0.15, 0.2) is 4.52 Å². The molecule has 1 aromatic heterocycles. The fraction of sp³-hybridized carbons (Fsp3) is 0.833. The first-order valence-electron chi connectivity index (χ1n) is 6.04. The average molecular weight is 223 g/mol. The first-order chi connectivity index (χ1) is 7.47. The van der Waals surface area contributed by atoms with Gasteiger partial charge in [-0.1, -0.05) is 25.9 Å². The van der Waals surface area contributed by atoms with Crippen LogP contribution < -0.4 is 5.32 Å². The summed E-state index contributed by atoms with van der Waals surface area (Å²) < 4.78 is 5.39. The van der Waals surface area contributed by atoms with Crippen molar-refractivity contribution in [2.75, 3.05) is 6.54 Å². The molecule has 4 heteroatoms. The van der Waals surface area contributed by atoms with Gasteiger partial charge < -0.3 is 9.84 Å². The molecule has 0 bridgehead atoms. The monoisotopic (exact) mass is 223 g/mol. The van der Waals surface area contributed by atoms with Crippen LogP contribution in [0, 0.1) is 0 Å². The van der Waals surface area contributed by atoms with Crippen molar-refractivity contribution in [3.05, 3.63) is 11.7 Å². The highest BCUT2D eigenvalue weighted by Crippen LogP contribution is 2.28. The van der Waals surface area contributed by atoms with Crippen LogP contribution in [0.2, 0.25) is 0 Å². The van der Waals surface area contributed by atoms with Crippen LogP contribution >= 0.6 is 0 Å². The van der Waals surface area contributed by atoms with Crippen molar-refractivity contribution in [3.63, 3.8) is 0 Å². The first-order valence-corrected chi connectivity index (χ1v) is 6.04. The van der Waals surface area contributed by atoms with Gasteiger partial charge in [-0.3, -0.25) is 0 Å². The summed E-state index contributed by atoms with van der Waals surface area (Å²) >= 11 is 0. The Labute approximate surface area is 96.8 Å². The summed E-state index contributed by atoms with van der Waals surface area (Å²) in [5.74, 6) is 2.06. The molecule has 2 heterocycles. The lowest BCUT2D eigenvalue weighted by molar-refractivity contribution is 0.292. The molecule has 0 spiro atoms. The number of piperidine rings is 1. The summed E-state index contributed by atoms with van der Waals surface area (Å²) in [7, 11) is 0. The topological polar surface area (TPSA) is 51.0 Å². The van der Waals surface area contributed by atoms with Crippen LogP contribution in [0.25, 0.3) is 0 Å². The zero-order valence-corrected chi connectivity index (χ0v) is 10.6. The normalized spacial score (nSPS) is 27.0. The van der Waals surface area contributed by atoms with Crippen LogP contribution in [-0.4, -0.2) is 22.7 Å². The zero-order valence-electron chi connectivity index (χ0n) is 10.6. The van der Waals surface area contributed by atoms with Crippen LogP contribution in [-0.2, 0) is 5.41 Å². The highest BCUT2D eigenvalue weighted by atomic mass is 16.5. The molecule has 90 valence electrons. The largest absolute Gasteiger partial charge is 0.339 e. The van der Waals surface area contributed by atoms with Gasteiger partial charge in [-0.2, -0.15) is 4.98 Å². The van der Waals surface area contributed by atoms with Crippen molar-refractivity contribution < 1.29 is 4.52 Å². The Morgan fingerprint density at radius 1 is 1.38 bits per heavy atom. The van der Waals surface area contributed by atoms with Gasteiger partial charge in [0, 0.05) is 17.4 Å². The van der Waals surface area contributed by atoms with Crippen molar-refractivity contribution in [2.45, 2.75) is 57.9 Å². The summed E-state index contributed by atoms with van der Waals surface area (Å²) in [6.45, 7) is 9.55. The zero-order chi connectivity index (χ0) is 11.8. The van der Waals surface area contributed by atoms with Gasteiger partial charge in [-0.05, 0) is 26.3 Å². The molecule has 0 amide bonds. The number of hydrogen-bond acceptors (Lipinski definition) is 4. The standard InChI is InChI=1S/C12H21N3O/c1-8-7-9(5-6-13-8)10-14-11(15-16-10)12(2,3)4/h8-9,13H,5-7H2,1-4H3/t8-,9-/m0/s1. The molecule has 0 saturated carbocycles. The molecule has 0 aliphatic carbocycles. The lowest BCUT2D eigenvalue weighted by Gasteiger charge is -2.25. The Hall–Kier alpha value is -0.900. The molecule has 0 unspecified atom stereocenters. The van der Waals surface area contributed by atoms with Gasteiger partial charge in [-0.15, -0.1) is 0 Å². The summed E-state index contributed by atoms with van der Waals surface area (Å²) in [5.41, 5.74) is -0.0275. The summed E-state index contributed by atoms with van der Waals surface area (Å²) in [6, 6.07) is 0.545. The summed E-state index contributed by atoms with van der Waals surface area (Å²) in [6.07, 6.45) is 2.18. The predicted octanol–water partition coefficient (Wildman–Crippen LogP) is 2.22. The van der Waals surface area contributed by atoms with Crippen LogP contribution in [0.5, 0.6) is 0 Å². The Morgan fingerprint density at radius 2 is 2.12 bits per heavy atom. The second-order valence-electron chi connectivity index (χ2n) is 5.78. The van der Waals surface area contributed by atoms with Crippen molar-refractivity contribution >= 4 is 0 Å². The fourth-order valence-corrected chi connectivity index (χ4v) is 2.06. The van der Waals surface area contributed by atoms with E-state index in [9.17, 15) is 0 Å². The van der Waals surface area contributed by atoms with E-state index in [0.29, 0.717) is 12.0 Å². The van der Waals surface area contributed by atoms with Gasteiger partial charge in [0.1, 0.15) is 0 Å². The Kier molecular flexibility index (Phi) is 3.02. The fourth-order valence-electron chi connectivity index (χ4n) is 2.06. The van der Waals surface area contributed by atoms with Crippen molar-refractivity contribution in [2.24, 2.45) is 0 Å². The van der Waals surface area contributed by atoms with E-state index in [1.54, 1.807) is 0 Å². The van der Waals surface area contributed by atoms with E-state index >= 15 is 0 Å². The van der Waals surface area contributed by atoms with E-state index < -0.39 is 0 Å². The predicted molar refractivity (Wildman–Crippen MR) is 62.4 cm³/mol. The van der Waals surface area contributed by atoms with Crippen molar-refractivity contribution in [1.29, 1.82) is 0 Å². The number of nitrogens with zero attached hydrogens (tertiary/aromatic N) is 2. The van der Waals surface area contributed by atoms with Gasteiger partial charge in [0.25, 0.3) is 0 Å². The summed E-state index contributed by atoms with van der Waals surface area (Å²) in [4.78, 5) is 4.53. The number of aromatic nitrogens is 2. The maximum absolute atomic E-state index is 5.39. The Bertz CT molecular complexity index is 353. The molecule has 2 rings (SSSR count). The smallest absolute Gasteiger partial charge is 0.229 e. The van der Waals surface area contributed by atoms with E-state index in [-0.39, 0.29) is 5.41 Å². The molecule has 4 nitrogen and oxygen atoms in total. The van der Waals surface area contributed by atoms with Gasteiger partial charge in [-0.25, -0.2) is 0 Å². The van der Waals surface area contributed by atoms with Gasteiger partial charge >= 0.3 is 0 Å². The highest BCUT2D eigenvalue weighted by Gasteiger charge is 2.27. The second-order valence-corrected chi connectivity index (χ2v) is 5.78. The third-order valence-electron chi connectivity index (χ3n) is 3.09. The lowest BCUT2D eigenvalue weighted by Crippen LogP contribution is -2.35. The quantitative estimate of drug-likeness (QED) is 0.793. The Morgan fingerprint density at radius 3 is 2.69 bits per heavy atom. The molecule has 1 aliphatic rings. The SMILES string of the molecule is C[C@H]1C[C@@H](c2nc(C(C)(C)C)no2)CCN1. The van der Waals surface area contributed by atoms with Gasteiger partial charge in [0.05, 0.1) is 0 Å². The molecular formula is C12H21N3O. The van der Waals surface area contributed by atoms with Gasteiger partial charge in [0.2, 0.25) is 5.89 Å². The van der Waals surface area contributed by atoms with Crippen molar-refractivity contribution in [1.82, 2.24) is 15.5 Å². The van der Waals surface area contributed by atoms with Crippen LogP contribution in [0.4, 0.5) is 0 Å². The average Bonchev–Trinajstić information content (AvgIpc) is 2.65. The molecule has 1 N–H and O–H groups in total. The third-order valence-corrected chi connectivity index (χ3v) is 3.09. The number of hydrogen-bond donors (Lipinski definition) is 1. The van der Waals surface area contributed by atoms with Crippen LogP contribution in [0.3, 0.4) is 0 Å². The molecule has 2 atom stereocenters. The van der Waals surface area contributed by atoms with E-state index in [2.05, 4.69) is 43.2 Å². The Balaban J connectivity index is 2.12. The molecule has 1 aromatic rings. The van der Waals surface area contributed by atoms with E-state index in [0.717, 1.165) is 31.1 Å². The first kappa shape index (κ1) is 11.6. The highest BCUT2D eigenvalue weighted by molar-refractivity contribution is 5.04. The van der Waals surface area contributed by atoms with Crippen LogP contribution in [0.1, 0.15) is 58.2 Å². The van der Waals surface area contributed by atoms with Gasteiger partial charge in [0.15, 0.2) is 5.82 Å². The minimum absolute atomic E-state index is 0.0275. The molecule has 16 heavy (non-hydrogen) atoms. The third kappa shape index (κ3) is 2.43. The van der Waals surface area contributed by atoms with E-state index in [1.807, 2.05) is 0 Å². The minimum Gasteiger partial charge on any atom is -0.339 e.